The van der Waals surface area contributed by atoms with Crippen LogP contribution in [-0.2, 0) is 11.3 Å². The molecule has 1 aromatic carbocycles. The van der Waals surface area contributed by atoms with Gasteiger partial charge in [-0.3, -0.25) is 4.79 Å². The second kappa shape index (κ2) is 6.48. The van der Waals surface area contributed by atoms with Crippen molar-refractivity contribution in [2.75, 3.05) is 18.0 Å². The Labute approximate surface area is 127 Å². The SMILES string of the molecule is CCC1C(=O)NCCN1c1ccc(CNC(C)(C)C)cc1. The predicted molar refractivity (Wildman–Crippen MR) is 87.5 cm³/mol. The second-order valence-corrected chi connectivity index (χ2v) is 6.68. The standard InChI is InChI=1S/C17H27N3O/c1-5-15-16(21)18-10-11-20(15)14-8-6-13(7-9-14)12-19-17(2,3)4/h6-9,15,19H,5,10-12H2,1-4H3,(H,18,21). The first-order valence-corrected chi connectivity index (χ1v) is 7.79. The monoisotopic (exact) mass is 289 g/mol. The molecule has 21 heavy (non-hydrogen) atoms. The van der Waals surface area contributed by atoms with E-state index in [2.05, 4.69) is 67.5 Å². The summed E-state index contributed by atoms with van der Waals surface area (Å²) in [6.07, 6.45) is 0.833. The fourth-order valence-electron chi connectivity index (χ4n) is 2.60. The molecule has 0 radical (unpaired) electrons. The van der Waals surface area contributed by atoms with Crippen LogP contribution in [0.4, 0.5) is 5.69 Å². The van der Waals surface area contributed by atoms with Crippen molar-refractivity contribution in [2.24, 2.45) is 0 Å². The molecule has 1 amide bonds. The number of hydrogen-bond acceptors (Lipinski definition) is 3. The molecule has 116 valence electrons. The van der Waals surface area contributed by atoms with Gasteiger partial charge in [0, 0.05) is 30.9 Å². The van der Waals surface area contributed by atoms with Gasteiger partial charge < -0.3 is 15.5 Å². The fraction of sp³-hybridized carbons (Fsp3) is 0.588. The van der Waals surface area contributed by atoms with Crippen LogP contribution in [-0.4, -0.2) is 30.6 Å². The van der Waals surface area contributed by atoms with Crippen molar-refractivity contribution in [1.29, 1.82) is 0 Å². The van der Waals surface area contributed by atoms with E-state index in [1.807, 2.05) is 0 Å². The van der Waals surface area contributed by atoms with Crippen molar-refractivity contribution in [3.63, 3.8) is 0 Å². The molecule has 1 unspecified atom stereocenters. The summed E-state index contributed by atoms with van der Waals surface area (Å²) in [5.74, 6) is 0.141. The van der Waals surface area contributed by atoms with E-state index in [0.717, 1.165) is 31.7 Å². The van der Waals surface area contributed by atoms with Gasteiger partial charge in [0.2, 0.25) is 5.91 Å². The number of anilines is 1. The van der Waals surface area contributed by atoms with E-state index in [1.165, 1.54) is 5.56 Å². The molecule has 0 saturated carbocycles. The predicted octanol–water partition coefficient (Wildman–Crippen LogP) is 2.29. The van der Waals surface area contributed by atoms with Crippen LogP contribution < -0.4 is 15.5 Å². The summed E-state index contributed by atoms with van der Waals surface area (Å²) in [6.45, 7) is 11.0. The normalized spacial score (nSPS) is 19.5. The molecule has 0 aliphatic carbocycles. The lowest BCUT2D eigenvalue weighted by molar-refractivity contribution is -0.123. The summed E-state index contributed by atoms with van der Waals surface area (Å²) in [7, 11) is 0. The van der Waals surface area contributed by atoms with Gasteiger partial charge in [-0.2, -0.15) is 0 Å². The van der Waals surface area contributed by atoms with Crippen LogP contribution in [0.15, 0.2) is 24.3 Å². The Kier molecular flexibility index (Phi) is 4.88. The molecule has 1 fully saturated rings. The summed E-state index contributed by atoms with van der Waals surface area (Å²) in [5.41, 5.74) is 2.52. The van der Waals surface area contributed by atoms with Crippen LogP contribution in [0.1, 0.15) is 39.7 Å². The third-order valence-corrected chi connectivity index (χ3v) is 3.81. The lowest BCUT2D eigenvalue weighted by atomic mass is 10.1. The molecule has 2 N–H and O–H groups in total. The maximum Gasteiger partial charge on any atom is 0.242 e. The van der Waals surface area contributed by atoms with Gasteiger partial charge in [-0.25, -0.2) is 0 Å². The molecule has 0 aromatic heterocycles. The number of carbonyl (C=O) groups excluding carboxylic acids is 1. The average molecular weight is 289 g/mol. The molecule has 1 heterocycles. The van der Waals surface area contributed by atoms with Crippen LogP contribution in [0.2, 0.25) is 0 Å². The molecule has 1 aliphatic heterocycles. The number of carbonyl (C=O) groups is 1. The van der Waals surface area contributed by atoms with E-state index in [4.69, 9.17) is 0 Å². The van der Waals surface area contributed by atoms with Crippen molar-refractivity contribution >= 4 is 11.6 Å². The zero-order valence-electron chi connectivity index (χ0n) is 13.6. The van der Waals surface area contributed by atoms with Crippen molar-refractivity contribution < 1.29 is 4.79 Å². The summed E-state index contributed by atoms with van der Waals surface area (Å²) in [6, 6.07) is 8.50. The molecular weight excluding hydrogens is 262 g/mol. The Hall–Kier alpha value is -1.55. The summed E-state index contributed by atoms with van der Waals surface area (Å²) < 4.78 is 0. The van der Waals surface area contributed by atoms with Gasteiger partial charge >= 0.3 is 0 Å². The number of piperazine rings is 1. The third-order valence-electron chi connectivity index (χ3n) is 3.81. The first kappa shape index (κ1) is 15.8. The Morgan fingerprint density at radius 1 is 1.29 bits per heavy atom. The Balaban J connectivity index is 2.05. The van der Waals surface area contributed by atoms with E-state index < -0.39 is 0 Å². The number of nitrogens with zero attached hydrogens (tertiary/aromatic N) is 1. The number of benzene rings is 1. The summed E-state index contributed by atoms with van der Waals surface area (Å²) in [4.78, 5) is 14.1. The molecule has 1 atom stereocenters. The van der Waals surface area contributed by atoms with Crippen molar-refractivity contribution in [3.05, 3.63) is 29.8 Å². The third kappa shape index (κ3) is 4.21. The van der Waals surface area contributed by atoms with Gasteiger partial charge in [0.05, 0.1) is 0 Å². The maximum absolute atomic E-state index is 11.9. The van der Waals surface area contributed by atoms with E-state index in [1.54, 1.807) is 0 Å². The molecule has 1 aromatic rings. The van der Waals surface area contributed by atoms with Gasteiger partial charge in [-0.1, -0.05) is 19.1 Å². The van der Waals surface area contributed by atoms with E-state index >= 15 is 0 Å². The van der Waals surface area contributed by atoms with Gasteiger partial charge in [-0.05, 0) is 44.9 Å². The topological polar surface area (TPSA) is 44.4 Å². The summed E-state index contributed by atoms with van der Waals surface area (Å²) >= 11 is 0. The van der Waals surface area contributed by atoms with E-state index in [9.17, 15) is 4.79 Å². The highest BCUT2D eigenvalue weighted by molar-refractivity contribution is 5.86. The molecule has 4 heteroatoms. The van der Waals surface area contributed by atoms with Crippen LogP contribution in [0, 0.1) is 0 Å². The quantitative estimate of drug-likeness (QED) is 0.894. The Morgan fingerprint density at radius 2 is 1.95 bits per heavy atom. The van der Waals surface area contributed by atoms with Gasteiger partial charge in [-0.15, -0.1) is 0 Å². The number of rotatable bonds is 4. The van der Waals surface area contributed by atoms with E-state index in [0.29, 0.717) is 0 Å². The minimum atomic E-state index is -0.0442. The molecular formula is C17H27N3O. The van der Waals surface area contributed by atoms with Crippen molar-refractivity contribution in [1.82, 2.24) is 10.6 Å². The van der Waals surface area contributed by atoms with Gasteiger partial charge in [0.25, 0.3) is 0 Å². The smallest absolute Gasteiger partial charge is 0.242 e. The zero-order chi connectivity index (χ0) is 15.5. The maximum atomic E-state index is 11.9. The van der Waals surface area contributed by atoms with Crippen LogP contribution in [0.3, 0.4) is 0 Å². The summed E-state index contributed by atoms with van der Waals surface area (Å²) in [5, 5.41) is 6.43. The first-order chi connectivity index (χ1) is 9.90. The van der Waals surface area contributed by atoms with Crippen LogP contribution in [0.5, 0.6) is 0 Å². The van der Waals surface area contributed by atoms with Crippen LogP contribution >= 0.6 is 0 Å². The van der Waals surface area contributed by atoms with E-state index in [-0.39, 0.29) is 17.5 Å². The number of nitrogens with one attached hydrogen (secondary N) is 2. The largest absolute Gasteiger partial charge is 0.358 e. The van der Waals surface area contributed by atoms with Crippen LogP contribution in [0.25, 0.3) is 0 Å². The Morgan fingerprint density at radius 3 is 2.52 bits per heavy atom. The lowest BCUT2D eigenvalue weighted by Crippen LogP contribution is -2.55. The minimum absolute atomic E-state index is 0.0442. The molecule has 0 bridgehead atoms. The average Bonchev–Trinajstić information content (AvgIpc) is 2.44. The second-order valence-electron chi connectivity index (χ2n) is 6.68. The molecule has 1 aliphatic rings. The van der Waals surface area contributed by atoms with Gasteiger partial charge in [0.1, 0.15) is 6.04 Å². The highest BCUT2D eigenvalue weighted by atomic mass is 16.2. The molecule has 0 spiro atoms. The highest BCUT2D eigenvalue weighted by Crippen LogP contribution is 2.21. The van der Waals surface area contributed by atoms with Crippen molar-refractivity contribution in [2.45, 2.75) is 52.2 Å². The Bertz CT molecular complexity index is 476. The van der Waals surface area contributed by atoms with Crippen molar-refractivity contribution in [3.8, 4) is 0 Å². The number of amides is 1. The zero-order valence-corrected chi connectivity index (χ0v) is 13.6. The lowest BCUT2D eigenvalue weighted by Gasteiger charge is -2.36. The highest BCUT2D eigenvalue weighted by Gasteiger charge is 2.27. The first-order valence-electron chi connectivity index (χ1n) is 7.79. The fourth-order valence-corrected chi connectivity index (χ4v) is 2.60. The molecule has 1 saturated heterocycles. The molecule has 4 nitrogen and oxygen atoms in total. The van der Waals surface area contributed by atoms with Gasteiger partial charge in [0.15, 0.2) is 0 Å². The number of hydrogen-bond donors (Lipinski definition) is 2. The minimum Gasteiger partial charge on any atom is -0.358 e. The molecule has 2 rings (SSSR count).